The van der Waals surface area contributed by atoms with Gasteiger partial charge in [-0.15, -0.1) is 0 Å². The number of amides is 1. The SMILES string of the molecule is COC(=O)[C@@H](NC(=O)OC(C)(C)C)[C@H](O)c1ccc(OC)cc1. The van der Waals surface area contributed by atoms with Crippen LogP contribution in [0.4, 0.5) is 4.79 Å². The van der Waals surface area contributed by atoms with E-state index in [4.69, 9.17) is 9.47 Å². The molecule has 1 amide bonds. The van der Waals surface area contributed by atoms with Crippen molar-refractivity contribution < 1.29 is 28.9 Å². The highest BCUT2D eigenvalue weighted by atomic mass is 16.6. The zero-order valence-electron chi connectivity index (χ0n) is 14.0. The van der Waals surface area contributed by atoms with Crippen LogP contribution in [0.25, 0.3) is 0 Å². The Morgan fingerprint density at radius 2 is 1.70 bits per heavy atom. The predicted molar refractivity (Wildman–Crippen MR) is 83.1 cm³/mol. The van der Waals surface area contributed by atoms with Gasteiger partial charge in [0.1, 0.15) is 17.5 Å². The molecule has 0 aliphatic heterocycles. The molecule has 7 nitrogen and oxygen atoms in total. The summed E-state index contributed by atoms with van der Waals surface area (Å²) in [7, 11) is 2.69. The summed E-state index contributed by atoms with van der Waals surface area (Å²) in [6.45, 7) is 5.08. The summed E-state index contributed by atoms with van der Waals surface area (Å²) in [6, 6.07) is 5.18. The maximum Gasteiger partial charge on any atom is 0.408 e. The van der Waals surface area contributed by atoms with E-state index in [0.29, 0.717) is 11.3 Å². The first kappa shape index (κ1) is 18.8. The molecule has 1 rings (SSSR count). The molecule has 1 aromatic carbocycles. The number of methoxy groups -OCH3 is 2. The summed E-state index contributed by atoms with van der Waals surface area (Å²) in [4.78, 5) is 23.7. The summed E-state index contributed by atoms with van der Waals surface area (Å²) < 4.78 is 14.8. The van der Waals surface area contributed by atoms with Crippen LogP contribution in [0.1, 0.15) is 32.4 Å². The highest BCUT2D eigenvalue weighted by Crippen LogP contribution is 2.21. The first-order valence-corrected chi connectivity index (χ1v) is 7.07. The number of rotatable bonds is 5. The number of carbonyl (C=O) groups excluding carboxylic acids is 2. The van der Waals surface area contributed by atoms with Gasteiger partial charge in [0, 0.05) is 0 Å². The molecule has 0 radical (unpaired) electrons. The molecule has 0 bridgehead atoms. The molecular weight excluding hydrogens is 302 g/mol. The van der Waals surface area contributed by atoms with E-state index >= 15 is 0 Å². The highest BCUT2D eigenvalue weighted by Gasteiger charge is 2.32. The van der Waals surface area contributed by atoms with Crippen molar-refractivity contribution in [2.24, 2.45) is 0 Å². The Balaban J connectivity index is 2.91. The number of hydrogen-bond donors (Lipinski definition) is 2. The lowest BCUT2D eigenvalue weighted by Crippen LogP contribution is -2.47. The van der Waals surface area contributed by atoms with Crippen LogP contribution in [0.3, 0.4) is 0 Å². The van der Waals surface area contributed by atoms with Gasteiger partial charge < -0.3 is 24.6 Å². The second-order valence-corrected chi connectivity index (χ2v) is 5.87. The van der Waals surface area contributed by atoms with Gasteiger partial charge in [0.2, 0.25) is 0 Å². The van der Waals surface area contributed by atoms with Crippen LogP contribution in [0.15, 0.2) is 24.3 Å². The average molecular weight is 325 g/mol. The van der Waals surface area contributed by atoms with Crippen LogP contribution in [0, 0.1) is 0 Å². The van der Waals surface area contributed by atoms with Crippen LogP contribution in [-0.2, 0) is 14.3 Å². The monoisotopic (exact) mass is 325 g/mol. The number of alkyl carbamates (subject to hydrolysis) is 1. The minimum Gasteiger partial charge on any atom is -0.497 e. The summed E-state index contributed by atoms with van der Waals surface area (Å²) >= 11 is 0. The first-order chi connectivity index (χ1) is 10.7. The third kappa shape index (κ3) is 5.78. The largest absolute Gasteiger partial charge is 0.497 e. The third-order valence-corrected chi connectivity index (χ3v) is 2.90. The van der Waals surface area contributed by atoms with Crippen LogP contribution >= 0.6 is 0 Å². The Morgan fingerprint density at radius 3 is 2.13 bits per heavy atom. The van der Waals surface area contributed by atoms with E-state index in [1.54, 1.807) is 45.0 Å². The third-order valence-electron chi connectivity index (χ3n) is 2.90. The van der Waals surface area contributed by atoms with Gasteiger partial charge in [-0.3, -0.25) is 0 Å². The standard InChI is InChI=1S/C16H23NO6/c1-16(2,3)23-15(20)17-12(14(19)22-5)13(18)10-6-8-11(21-4)9-7-10/h6-9,12-13,18H,1-5H3,(H,17,20)/t12-,13+/m0/s1. The molecule has 0 aromatic heterocycles. The van der Waals surface area contributed by atoms with E-state index in [1.807, 2.05) is 0 Å². The molecule has 7 heteroatoms. The lowest BCUT2D eigenvalue weighted by atomic mass is 10.0. The van der Waals surface area contributed by atoms with Gasteiger partial charge >= 0.3 is 12.1 Å². The Hall–Kier alpha value is -2.28. The number of aliphatic hydroxyl groups excluding tert-OH is 1. The van der Waals surface area contributed by atoms with Gasteiger partial charge in [-0.1, -0.05) is 12.1 Å². The zero-order valence-corrected chi connectivity index (χ0v) is 14.0. The molecule has 0 aliphatic carbocycles. The second-order valence-electron chi connectivity index (χ2n) is 5.87. The van der Waals surface area contributed by atoms with E-state index in [-0.39, 0.29) is 0 Å². The smallest absolute Gasteiger partial charge is 0.408 e. The maximum atomic E-state index is 11.9. The van der Waals surface area contributed by atoms with Gasteiger partial charge in [0.05, 0.1) is 14.2 Å². The molecule has 128 valence electrons. The van der Waals surface area contributed by atoms with E-state index in [0.717, 1.165) is 0 Å². The number of esters is 1. The number of benzene rings is 1. The van der Waals surface area contributed by atoms with Crippen molar-refractivity contribution in [2.45, 2.75) is 38.5 Å². The molecule has 0 aliphatic rings. The van der Waals surface area contributed by atoms with Crippen molar-refractivity contribution in [3.63, 3.8) is 0 Å². The topological polar surface area (TPSA) is 94.1 Å². The summed E-state index contributed by atoms with van der Waals surface area (Å²) in [5.74, 6) is -0.171. The fourth-order valence-electron chi connectivity index (χ4n) is 1.82. The van der Waals surface area contributed by atoms with Gasteiger partial charge in [-0.2, -0.15) is 0 Å². The van der Waals surface area contributed by atoms with Crippen LogP contribution in [0.5, 0.6) is 5.75 Å². The molecule has 2 N–H and O–H groups in total. The van der Waals surface area contributed by atoms with Crippen molar-refractivity contribution in [2.75, 3.05) is 14.2 Å². The quantitative estimate of drug-likeness (QED) is 0.802. The second kappa shape index (κ2) is 7.82. The van der Waals surface area contributed by atoms with Gasteiger partial charge in [-0.05, 0) is 38.5 Å². The highest BCUT2D eigenvalue weighted by molar-refractivity contribution is 5.82. The maximum absolute atomic E-state index is 11.9. The normalized spacial score (nSPS) is 13.7. The Labute approximate surface area is 135 Å². The molecule has 0 saturated heterocycles. The molecule has 0 saturated carbocycles. The lowest BCUT2D eigenvalue weighted by molar-refractivity contribution is -0.146. The van der Waals surface area contributed by atoms with Crippen molar-refractivity contribution in [1.82, 2.24) is 5.32 Å². The van der Waals surface area contributed by atoms with E-state index in [1.165, 1.54) is 14.2 Å². The zero-order chi connectivity index (χ0) is 17.6. The molecule has 0 unspecified atom stereocenters. The summed E-state index contributed by atoms with van der Waals surface area (Å²) in [5.41, 5.74) is -0.298. The number of carbonyl (C=O) groups is 2. The fraction of sp³-hybridized carbons (Fsp3) is 0.500. The minimum atomic E-state index is -1.29. The Bertz CT molecular complexity index is 534. The molecule has 23 heavy (non-hydrogen) atoms. The Morgan fingerprint density at radius 1 is 1.13 bits per heavy atom. The number of nitrogens with one attached hydrogen (secondary N) is 1. The van der Waals surface area contributed by atoms with E-state index < -0.39 is 29.8 Å². The molecule has 0 fully saturated rings. The minimum absolute atomic E-state index is 0.428. The van der Waals surface area contributed by atoms with Gasteiger partial charge in [0.15, 0.2) is 6.04 Å². The van der Waals surface area contributed by atoms with Crippen molar-refractivity contribution in [3.05, 3.63) is 29.8 Å². The lowest BCUT2D eigenvalue weighted by Gasteiger charge is -2.25. The molecule has 2 atom stereocenters. The molecule has 0 heterocycles. The van der Waals surface area contributed by atoms with Crippen molar-refractivity contribution in [1.29, 1.82) is 0 Å². The molecule has 0 spiro atoms. The number of hydrogen-bond acceptors (Lipinski definition) is 6. The summed E-state index contributed by atoms with van der Waals surface area (Å²) in [5, 5.41) is 12.7. The van der Waals surface area contributed by atoms with E-state index in [2.05, 4.69) is 10.1 Å². The van der Waals surface area contributed by atoms with Gasteiger partial charge in [0.25, 0.3) is 0 Å². The molecule has 1 aromatic rings. The average Bonchev–Trinajstić information content (AvgIpc) is 2.49. The van der Waals surface area contributed by atoms with Crippen molar-refractivity contribution in [3.8, 4) is 5.75 Å². The van der Waals surface area contributed by atoms with Crippen LogP contribution in [-0.4, -0.2) is 43.0 Å². The van der Waals surface area contributed by atoms with Crippen LogP contribution in [0.2, 0.25) is 0 Å². The number of ether oxygens (including phenoxy) is 3. The fourth-order valence-corrected chi connectivity index (χ4v) is 1.82. The van der Waals surface area contributed by atoms with Crippen LogP contribution < -0.4 is 10.1 Å². The predicted octanol–water partition coefficient (Wildman–Crippen LogP) is 1.79. The van der Waals surface area contributed by atoms with Crippen molar-refractivity contribution >= 4 is 12.1 Å². The first-order valence-electron chi connectivity index (χ1n) is 7.07. The number of aliphatic hydroxyl groups is 1. The summed E-state index contributed by atoms with van der Waals surface area (Å²) in [6.07, 6.45) is -2.11. The van der Waals surface area contributed by atoms with E-state index in [9.17, 15) is 14.7 Å². The molecular formula is C16H23NO6. The van der Waals surface area contributed by atoms with Gasteiger partial charge in [-0.25, -0.2) is 9.59 Å². The Kier molecular flexibility index (Phi) is 6.38.